The van der Waals surface area contributed by atoms with Crippen LogP contribution in [-0.4, -0.2) is 29.1 Å². The molecule has 1 aliphatic rings. The normalized spacial score (nSPS) is 16.9. The first-order chi connectivity index (χ1) is 13.9. The van der Waals surface area contributed by atoms with Gasteiger partial charge in [0.2, 0.25) is 0 Å². The number of ether oxygens (including phenoxy) is 1. The lowest BCUT2D eigenvalue weighted by atomic mass is 10.2. The lowest BCUT2D eigenvalue weighted by Crippen LogP contribution is -2.28. The summed E-state index contributed by atoms with van der Waals surface area (Å²) >= 11 is 7.15. The highest BCUT2D eigenvalue weighted by molar-refractivity contribution is 14.1. The first-order valence-electron chi connectivity index (χ1n) is 9.05. The monoisotopic (exact) mass is 588 g/mol. The van der Waals surface area contributed by atoms with Gasteiger partial charge in [-0.3, -0.25) is 14.7 Å². The van der Waals surface area contributed by atoms with Crippen molar-refractivity contribution < 1.29 is 13.9 Å². The van der Waals surface area contributed by atoms with E-state index in [1.54, 1.807) is 11.0 Å². The van der Waals surface area contributed by atoms with Crippen molar-refractivity contribution in [3.8, 4) is 5.75 Å². The number of carbonyl (C=O) groups excluding carboxylic acids is 1. The third kappa shape index (κ3) is 5.40. The number of carbonyl (C=O) groups is 1. The molecule has 1 amide bonds. The lowest BCUT2D eigenvalue weighted by molar-refractivity contribution is -0.122. The van der Waals surface area contributed by atoms with Crippen LogP contribution in [0.3, 0.4) is 0 Å². The van der Waals surface area contributed by atoms with E-state index in [0.717, 1.165) is 24.3 Å². The van der Waals surface area contributed by atoms with Gasteiger partial charge in [-0.25, -0.2) is 4.39 Å². The van der Waals surface area contributed by atoms with Crippen LogP contribution < -0.4 is 4.74 Å². The molecule has 152 valence electrons. The summed E-state index contributed by atoms with van der Waals surface area (Å²) < 4.78 is 20.9. The van der Waals surface area contributed by atoms with Gasteiger partial charge in [0, 0.05) is 13.1 Å². The summed E-state index contributed by atoms with van der Waals surface area (Å²) in [5.41, 5.74) is 1.65. The van der Waals surface area contributed by atoms with Crippen LogP contribution in [0.4, 0.5) is 4.39 Å². The number of nitrogens with zero attached hydrogens (tertiary/aromatic N) is 2. The van der Waals surface area contributed by atoms with Crippen molar-refractivity contribution in [3.63, 3.8) is 0 Å². The summed E-state index contributed by atoms with van der Waals surface area (Å²) in [6.07, 6.45) is 1.87. The van der Waals surface area contributed by atoms with Crippen molar-refractivity contribution >= 4 is 67.4 Å². The van der Waals surface area contributed by atoms with E-state index in [-0.39, 0.29) is 18.3 Å². The number of halogens is 3. The average molecular weight is 589 g/mol. The van der Waals surface area contributed by atoms with Crippen LogP contribution in [0.2, 0.25) is 0 Å². The number of hydrogen-bond acceptors (Lipinski definition) is 4. The Morgan fingerprint density at radius 2 is 2.10 bits per heavy atom. The van der Waals surface area contributed by atoms with E-state index in [0.29, 0.717) is 23.7 Å². The Hall–Kier alpha value is -1.39. The quantitative estimate of drug-likeness (QED) is 0.303. The van der Waals surface area contributed by atoms with Crippen molar-refractivity contribution in [2.45, 2.75) is 20.5 Å². The molecule has 3 rings (SSSR count). The second kappa shape index (κ2) is 10.1. The molecule has 29 heavy (non-hydrogen) atoms. The zero-order chi connectivity index (χ0) is 21.0. The molecule has 2 aromatic rings. The van der Waals surface area contributed by atoms with Gasteiger partial charge in [0.05, 0.1) is 12.9 Å². The van der Waals surface area contributed by atoms with Crippen LogP contribution in [0.25, 0.3) is 6.08 Å². The van der Waals surface area contributed by atoms with Gasteiger partial charge in [-0.2, -0.15) is 0 Å². The third-order valence-electron chi connectivity index (χ3n) is 4.09. The molecule has 4 nitrogen and oxygen atoms in total. The number of likely N-dealkylation sites (N-methyl/N-ethyl adjacent to an activating group) is 1. The lowest BCUT2D eigenvalue weighted by Gasteiger charge is -2.12. The van der Waals surface area contributed by atoms with E-state index in [1.165, 1.54) is 23.9 Å². The van der Waals surface area contributed by atoms with Crippen molar-refractivity contribution in [1.29, 1.82) is 0 Å². The molecule has 1 heterocycles. The maximum atomic E-state index is 13.3. The fourth-order valence-electron chi connectivity index (χ4n) is 2.77. The Morgan fingerprint density at radius 3 is 2.76 bits per heavy atom. The number of hydrogen-bond donors (Lipinski definition) is 0. The fraction of sp³-hybridized carbons (Fsp3) is 0.238. The molecule has 1 saturated heterocycles. The summed E-state index contributed by atoms with van der Waals surface area (Å²) in [6.45, 7) is 5.40. The zero-order valence-electron chi connectivity index (χ0n) is 15.9. The van der Waals surface area contributed by atoms with E-state index < -0.39 is 0 Å². The van der Waals surface area contributed by atoms with E-state index >= 15 is 0 Å². The molecule has 0 spiro atoms. The molecule has 0 atom stereocenters. The number of amidine groups is 1. The molecular formula is C21H19BrFIN2O2S. The fourth-order valence-corrected chi connectivity index (χ4v) is 5.65. The number of aliphatic imine (C=N–C) groups is 1. The van der Waals surface area contributed by atoms with E-state index in [9.17, 15) is 9.18 Å². The van der Waals surface area contributed by atoms with Crippen LogP contribution in [0, 0.1) is 9.39 Å². The average Bonchev–Trinajstić information content (AvgIpc) is 2.96. The van der Waals surface area contributed by atoms with Gasteiger partial charge in [-0.15, -0.1) is 0 Å². The maximum absolute atomic E-state index is 13.3. The summed E-state index contributed by atoms with van der Waals surface area (Å²) in [5.74, 6) is 0.376. The van der Waals surface area contributed by atoms with E-state index in [4.69, 9.17) is 4.74 Å². The molecule has 0 bridgehead atoms. The number of benzene rings is 2. The van der Waals surface area contributed by atoms with Crippen LogP contribution in [-0.2, 0) is 11.4 Å². The summed E-state index contributed by atoms with van der Waals surface area (Å²) in [7, 11) is 0. The van der Waals surface area contributed by atoms with Gasteiger partial charge in [-0.05, 0) is 106 Å². The third-order valence-corrected chi connectivity index (χ3v) is 6.52. The van der Waals surface area contributed by atoms with Crippen LogP contribution in [0.15, 0.2) is 50.8 Å². The summed E-state index contributed by atoms with van der Waals surface area (Å²) in [6, 6.07) is 10.2. The number of amides is 1. The van der Waals surface area contributed by atoms with Gasteiger partial charge in [0.1, 0.15) is 18.2 Å². The first-order valence-corrected chi connectivity index (χ1v) is 11.7. The molecule has 0 aromatic heterocycles. The predicted molar refractivity (Wildman–Crippen MR) is 129 cm³/mol. The molecule has 1 aliphatic heterocycles. The van der Waals surface area contributed by atoms with Gasteiger partial charge < -0.3 is 4.74 Å². The zero-order valence-corrected chi connectivity index (χ0v) is 20.5. The maximum Gasteiger partial charge on any atom is 0.266 e. The number of rotatable bonds is 6. The molecule has 0 radical (unpaired) electrons. The smallest absolute Gasteiger partial charge is 0.266 e. The molecule has 2 aromatic carbocycles. The standard InChI is InChI=1S/C21H19BrFIN2O2S/c1-3-25-21-26(4-2)20(27)18(29-21)11-14-9-16(22)19(17(24)10-14)28-12-13-6-5-7-15(23)8-13/h5-11H,3-4,12H2,1-2H3/b18-11-,25-21?. The van der Waals surface area contributed by atoms with Gasteiger partial charge in [0.15, 0.2) is 5.17 Å². The highest BCUT2D eigenvalue weighted by Gasteiger charge is 2.31. The van der Waals surface area contributed by atoms with Crippen molar-refractivity contribution in [2.75, 3.05) is 13.1 Å². The second-order valence-corrected chi connectivity index (χ2v) is 9.17. The minimum atomic E-state index is -0.285. The van der Waals surface area contributed by atoms with Crippen LogP contribution in [0.5, 0.6) is 5.75 Å². The Morgan fingerprint density at radius 1 is 1.31 bits per heavy atom. The Labute approximate surface area is 195 Å². The Bertz CT molecular complexity index is 973. The van der Waals surface area contributed by atoms with Gasteiger partial charge in [-0.1, -0.05) is 12.1 Å². The van der Waals surface area contributed by atoms with Crippen LogP contribution in [0.1, 0.15) is 25.0 Å². The van der Waals surface area contributed by atoms with Crippen LogP contribution >= 0.6 is 50.3 Å². The van der Waals surface area contributed by atoms with Crippen molar-refractivity contribution in [2.24, 2.45) is 4.99 Å². The van der Waals surface area contributed by atoms with E-state index in [2.05, 4.69) is 43.5 Å². The Kier molecular flexibility index (Phi) is 7.75. The summed E-state index contributed by atoms with van der Waals surface area (Å²) in [4.78, 5) is 19.4. The first kappa shape index (κ1) is 22.3. The molecular weight excluding hydrogens is 570 g/mol. The highest BCUT2D eigenvalue weighted by Crippen LogP contribution is 2.36. The SMILES string of the molecule is CCN=C1S/C(=C\c2cc(Br)c(OCc3cccc(F)c3)c(I)c2)C(=O)N1CC. The number of thioether (sulfide) groups is 1. The molecule has 0 unspecified atom stereocenters. The topological polar surface area (TPSA) is 41.9 Å². The van der Waals surface area contributed by atoms with Crippen molar-refractivity contribution in [3.05, 3.63) is 66.3 Å². The summed E-state index contributed by atoms with van der Waals surface area (Å²) in [5, 5.41) is 0.745. The van der Waals surface area contributed by atoms with Gasteiger partial charge >= 0.3 is 0 Å². The molecule has 0 aliphatic carbocycles. The molecule has 1 fully saturated rings. The van der Waals surface area contributed by atoms with Gasteiger partial charge in [0.25, 0.3) is 5.91 Å². The van der Waals surface area contributed by atoms with E-state index in [1.807, 2.05) is 38.1 Å². The van der Waals surface area contributed by atoms with Crippen molar-refractivity contribution in [1.82, 2.24) is 4.90 Å². The minimum Gasteiger partial charge on any atom is -0.487 e. The Balaban J connectivity index is 1.81. The highest BCUT2D eigenvalue weighted by atomic mass is 127. The predicted octanol–water partition coefficient (Wildman–Crippen LogP) is 6.08. The second-order valence-electron chi connectivity index (χ2n) is 6.15. The largest absolute Gasteiger partial charge is 0.487 e. The molecule has 0 N–H and O–H groups in total. The molecule has 0 saturated carbocycles. The molecule has 8 heteroatoms. The minimum absolute atomic E-state index is 0.0257.